The van der Waals surface area contributed by atoms with Gasteiger partial charge in [0.25, 0.3) is 0 Å². The van der Waals surface area contributed by atoms with E-state index >= 15 is 0 Å². The Morgan fingerprint density at radius 2 is 2.05 bits per heavy atom. The van der Waals surface area contributed by atoms with Crippen molar-refractivity contribution in [2.24, 2.45) is 0 Å². The third-order valence-corrected chi connectivity index (χ3v) is 4.48. The smallest absolute Gasteiger partial charge is 0.224 e. The van der Waals surface area contributed by atoms with Crippen LogP contribution < -0.4 is 5.32 Å². The zero-order chi connectivity index (χ0) is 14.5. The van der Waals surface area contributed by atoms with Crippen LogP contribution in [0.15, 0.2) is 45.9 Å². The molecule has 0 aliphatic rings. The number of carbonyl (C=O) groups is 1. The number of aromatic nitrogens is 2. The van der Waals surface area contributed by atoms with E-state index in [0.717, 1.165) is 16.8 Å². The summed E-state index contributed by atoms with van der Waals surface area (Å²) in [4.78, 5) is 11.8. The molecule has 0 aromatic carbocycles. The van der Waals surface area contributed by atoms with Crippen molar-refractivity contribution in [3.63, 3.8) is 0 Å². The van der Waals surface area contributed by atoms with Crippen molar-refractivity contribution in [2.75, 3.05) is 6.54 Å². The quantitative estimate of drug-likeness (QED) is 0.759. The Labute approximate surface area is 131 Å². The van der Waals surface area contributed by atoms with Gasteiger partial charge in [-0.05, 0) is 39.9 Å². The van der Waals surface area contributed by atoms with Crippen molar-refractivity contribution >= 4 is 28.6 Å². The van der Waals surface area contributed by atoms with Gasteiger partial charge < -0.3 is 5.32 Å². The van der Waals surface area contributed by atoms with E-state index in [1.54, 1.807) is 22.7 Å². The Balaban J connectivity index is 1.46. The normalized spacial score (nSPS) is 10.7. The first-order valence-electron chi connectivity index (χ1n) is 6.65. The molecule has 108 valence electrons. The molecular formula is C15H15N3OS2. The lowest BCUT2D eigenvalue weighted by Gasteiger charge is -2.04. The van der Waals surface area contributed by atoms with Crippen LogP contribution >= 0.6 is 22.7 Å². The van der Waals surface area contributed by atoms with E-state index in [1.165, 1.54) is 0 Å². The van der Waals surface area contributed by atoms with E-state index in [4.69, 9.17) is 0 Å². The number of nitrogens with one attached hydrogen (secondary N) is 1. The molecule has 3 aromatic heterocycles. The Hall–Kier alpha value is -1.92. The monoisotopic (exact) mass is 317 g/mol. The van der Waals surface area contributed by atoms with Gasteiger partial charge in [0.2, 0.25) is 5.91 Å². The fourth-order valence-corrected chi connectivity index (χ4v) is 3.32. The largest absolute Gasteiger partial charge is 0.354 e. The molecule has 0 aliphatic heterocycles. The molecule has 4 nitrogen and oxygen atoms in total. The summed E-state index contributed by atoms with van der Waals surface area (Å²) in [5.41, 5.74) is 3.18. The molecule has 1 amide bonds. The number of nitrogens with zero attached hydrogens (tertiary/aromatic N) is 2. The van der Waals surface area contributed by atoms with Crippen LogP contribution in [-0.2, 0) is 17.8 Å². The van der Waals surface area contributed by atoms with Crippen molar-refractivity contribution in [1.29, 1.82) is 0 Å². The molecule has 0 saturated carbocycles. The highest BCUT2D eigenvalue weighted by molar-refractivity contribution is 7.08. The van der Waals surface area contributed by atoms with Crippen molar-refractivity contribution in [3.8, 4) is 11.3 Å². The first-order chi connectivity index (χ1) is 10.3. The van der Waals surface area contributed by atoms with Gasteiger partial charge in [-0.2, -0.15) is 27.8 Å². The first-order valence-corrected chi connectivity index (χ1v) is 8.53. The van der Waals surface area contributed by atoms with Crippen LogP contribution in [0.25, 0.3) is 11.3 Å². The van der Waals surface area contributed by atoms with Gasteiger partial charge in [-0.1, -0.05) is 0 Å². The highest BCUT2D eigenvalue weighted by atomic mass is 32.1. The van der Waals surface area contributed by atoms with Gasteiger partial charge in [0.1, 0.15) is 0 Å². The summed E-state index contributed by atoms with van der Waals surface area (Å²) in [6.45, 7) is 1.27. The molecule has 0 saturated heterocycles. The summed E-state index contributed by atoms with van der Waals surface area (Å²) in [6, 6.07) is 6.03. The lowest BCUT2D eigenvalue weighted by Crippen LogP contribution is -2.28. The molecule has 3 heterocycles. The SMILES string of the molecule is O=C(Cc1ccsc1)NCCn1ccc(-c2ccsc2)n1. The molecule has 6 heteroatoms. The van der Waals surface area contributed by atoms with Crippen molar-refractivity contribution in [1.82, 2.24) is 15.1 Å². The van der Waals surface area contributed by atoms with Crippen LogP contribution in [0.2, 0.25) is 0 Å². The van der Waals surface area contributed by atoms with E-state index in [-0.39, 0.29) is 5.91 Å². The Kier molecular flexibility index (Phi) is 4.47. The first kappa shape index (κ1) is 14.0. The summed E-state index contributed by atoms with van der Waals surface area (Å²) in [5.74, 6) is 0.0543. The molecule has 0 fully saturated rings. The zero-order valence-electron chi connectivity index (χ0n) is 11.4. The molecule has 0 atom stereocenters. The van der Waals surface area contributed by atoms with Gasteiger partial charge in [-0.15, -0.1) is 0 Å². The van der Waals surface area contributed by atoms with E-state index in [0.29, 0.717) is 19.5 Å². The second-order valence-corrected chi connectivity index (χ2v) is 6.19. The molecule has 3 aromatic rings. The number of carbonyl (C=O) groups excluding carboxylic acids is 1. The van der Waals surface area contributed by atoms with E-state index in [9.17, 15) is 4.79 Å². The molecule has 0 spiro atoms. The molecule has 0 aliphatic carbocycles. The van der Waals surface area contributed by atoms with Crippen LogP contribution in [0, 0.1) is 0 Å². The number of hydrogen-bond acceptors (Lipinski definition) is 4. The second kappa shape index (κ2) is 6.69. The van der Waals surface area contributed by atoms with Crippen molar-refractivity contribution in [3.05, 3.63) is 51.5 Å². The highest BCUT2D eigenvalue weighted by Crippen LogP contribution is 2.19. The number of thiophene rings is 2. The van der Waals surface area contributed by atoms with Crippen LogP contribution in [-0.4, -0.2) is 22.2 Å². The molecule has 3 rings (SSSR count). The number of rotatable bonds is 6. The maximum atomic E-state index is 11.8. The standard InChI is InChI=1S/C15H15N3OS2/c19-15(9-12-2-7-20-10-12)16-4-6-18-5-1-14(17-18)13-3-8-21-11-13/h1-3,5,7-8,10-11H,4,6,9H2,(H,16,19). The number of hydrogen-bond donors (Lipinski definition) is 1. The van der Waals surface area contributed by atoms with E-state index < -0.39 is 0 Å². The predicted octanol–water partition coefficient (Wildman–Crippen LogP) is 3.03. The van der Waals surface area contributed by atoms with E-state index in [2.05, 4.69) is 21.9 Å². The minimum Gasteiger partial charge on any atom is -0.354 e. The van der Waals surface area contributed by atoms with E-state index in [1.807, 2.05) is 39.2 Å². The maximum absolute atomic E-state index is 11.8. The zero-order valence-corrected chi connectivity index (χ0v) is 13.0. The second-order valence-electron chi connectivity index (χ2n) is 4.63. The summed E-state index contributed by atoms with van der Waals surface area (Å²) in [5, 5.41) is 15.5. The summed E-state index contributed by atoms with van der Waals surface area (Å²) in [6.07, 6.45) is 2.39. The third-order valence-electron chi connectivity index (χ3n) is 3.07. The minimum absolute atomic E-state index is 0.0543. The van der Waals surface area contributed by atoms with Crippen molar-refractivity contribution < 1.29 is 4.79 Å². The van der Waals surface area contributed by atoms with Gasteiger partial charge in [0, 0.05) is 23.7 Å². The van der Waals surface area contributed by atoms with Gasteiger partial charge in [-0.25, -0.2) is 0 Å². The lowest BCUT2D eigenvalue weighted by molar-refractivity contribution is -0.120. The predicted molar refractivity (Wildman–Crippen MR) is 86.6 cm³/mol. The van der Waals surface area contributed by atoms with Gasteiger partial charge in [0.15, 0.2) is 0 Å². The van der Waals surface area contributed by atoms with Gasteiger partial charge in [-0.3, -0.25) is 9.48 Å². The van der Waals surface area contributed by atoms with Crippen LogP contribution in [0.5, 0.6) is 0 Å². The average molecular weight is 317 g/mol. The fourth-order valence-electron chi connectivity index (χ4n) is 2.00. The van der Waals surface area contributed by atoms with Gasteiger partial charge >= 0.3 is 0 Å². The molecular weight excluding hydrogens is 302 g/mol. The van der Waals surface area contributed by atoms with Crippen LogP contribution in [0.4, 0.5) is 0 Å². The summed E-state index contributed by atoms with van der Waals surface area (Å²) < 4.78 is 1.86. The Morgan fingerprint density at radius 1 is 1.19 bits per heavy atom. The summed E-state index contributed by atoms with van der Waals surface area (Å²) in [7, 11) is 0. The Morgan fingerprint density at radius 3 is 2.81 bits per heavy atom. The molecule has 0 bridgehead atoms. The fraction of sp³-hybridized carbons (Fsp3) is 0.200. The average Bonchev–Trinajstić information content (AvgIpc) is 3.21. The lowest BCUT2D eigenvalue weighted by atomic mass is 10.2. The molecule has 1 N–H and O–H groups in total. The third kappa shape index (κ3) is 3.80. The molecule has 0 radical (unpaired) electrons. The molecule has 21 heavy (non-hydrogen) atoms. The van der Waals surface area contributed by atoms with Crippen molar-refractivity contribution in [2.45, 2.75) is 13.0 Å². The number of amides is 1. The topological polar surface area (TPSA) is 46.9 Å². The maximum Gasteiger partial charge on any atom is 0.224 e. The van der Waals surface area contributed by atoms with Crippen LogP contribution in [0.3, 0.4) is 0 Å². The van der Waals surface area contributed by atoms with Crippen LogP contribution in [0.1, 0.15) is 5.56 Å². The van der Waals surface area contributed by atoms with Gasteiger partial charge in [0.05, 0.1) is 18.7 Å². The minimum atomic E-state index is 0.0543. The highest BCUT2D eigenvalue weighted by Gasteiger charge is 2.05. The summed E-state index contributed by atoms with van der Waals surface area (Å²) >= 11 is 3.27. The molecule has 0 unspecified atom stereocenters. The Bertz CT molecular complexity index is 686.